The second kappa shape index (κ2) is 4.66. The first kappa shape index (κ1) is 11.8. The number of anilines is 1. The molecule has 4 N–H and O–H groups in total. The molecule has 8 heteroatoms. The van der Waals surface area contributed by atoms with E-state index in [2.05, 4.69) is 15.7 Å². The lowest BCUT2D eigenvalue weighted by Crippen LogP contribution is -2.42. The van der Waals surface area contributed by atoms with E-state index in [-0.39, 0.29) is 11.1 Å². The van der Waals surface area contributed by atoms with Crippen molar-refractivity contribution in [3.8, 4) is 0 Å². The zero-order valence-corrected chi connectivity index (χ0v) is 10.1. The molecule has 92 valence electrons. The normalized spacial score (nSPS) is 19.1. The largest absolute Gasteiger partial charge is 0.384 e. The van der Waals surface area contributed by atoms with Crippen LogP contribution in [0.15, 0.2) is 6.20 Å². The lowest BCUT2D eigenvalue weighted by Gasteiger charge is -2.09. The molecule has 7 nitrogen and oxygen atoms in total. The van der Waals surface area contributed by atoms with E-state index in [1.807, 2.05) is 0 Å². The minimum atomic E-state index is -0.453. The molecular weight excluding hydrogens is 242 g/mol. The van der Waals surface area contributed by atoms with Gasteiger partial charge < -0.3 is 16.4 Å². The maximum absolute atomic E-state index is 11.7. The van der Waals surface area contributed by atoms with E-state index < -0.39 is 6.04 Å². The van der Waals surface area contributed by atoms with E-state index in [0.29, 0.717) is 18.1 Å². The highest BCUT2D eigenvalue weighted by Gasteiger charge is 2.27. The maximum atomic E-state index is 11.7. The molecule has 1 atom stereocenters. The molecular formula is C9H13N5O2S. The Balaban J connectivity index is 1.88. The Labute approximate surface area is 102 Å². The highest BCUT2D eigenvalue weighted by atomic mass is 32.2. The van der Waals surface area contributed by atoms with Crippen LogP contribution in [0.5, 0.6) is 0 Å². The van der Waals surface area contributed by atoms with Crippen LogP contribution < -0.4 is 16.4 Å². The second-order valence-corrected chi connectivity index (χ2v) is 4.68. The van der Waals surface area contributed by atoms with Gasteiger partial charge in [0.15, 0.2) is 0 Å². The van der Waals surface area contributed by atoms with Gasteiger partial charge >= 0.3 is 0 Å². The summed E-state index contributed by atoms with van der Waals surface area (Å²) < 4.78 is 1.54. The Kier molecular flexibility index (Phi) is 3.23. The average molecular weight is 255 g/mol. The molecule has 1 unspecified atom stereocenters. The molecule has 17 heavy (non-hydrogen) atoms. The number of thioether (sulfide) groups is 1. The molecule has 1 aromatic heterocycles. The molecule has 1 aromatic rings. The summed E-state index contributed by atoms with van der Waals surface area (Å²) in [7, 11) is 1.73. The van der Waals surface area contributed by atoms with Crippen LogP contribution in [-0.4, -0.2) is 32.7 Å². The first-order valence-electron chi connectivity index (χ1n) is 5.05. The first-order valence-corrected chi connectivity index (χ1v) is 6.04. The van der Waals surface area contributed by atoms with Crippen LogP contribution in [-0.2, 0) is 18.4 Å². The molecule has 2 heterocycles. The highest BCUT2D eigenvalue weighted by Crippen LogP contribution is 2.13. The van der Waals surface area contributed by atoms with E-state index in [1.54, 1.807) is 13.2 Å². The molecule has 1 aliphatic rings. The van der Waals surface area contributed by atoms with Gasteiger partial charge in [0.25, 0.3) is 5.24 Å². The van der Waals surface area contributed by atoms with Gasteiger partial charge in [0.2, 0.25) is 5.91 Å². The number of amides is 2. The third-order valence-corrected chi connectivity index (χ3v) is 3.39. The molecule has 0 aromatic carbocycles. The zero-order chi connectivity index (χ0) is 12.4. The van der Waals surface area contributed by atoms with Crippen LogP contribution in [0.25, 0.3) is 0 Å². The maximum Gasteiger partial charge on any atom is 0.279 e. The number of nitrogens with one attached hydrogen (secondary N) is 2. The van der Waals surface area contributed by atoms with Crippen molar-refractivity contribution in [2.75, 3.05) is 11.5 Å². The highest BCUT2D eigenvalue weighted by molar-refractivity contribution is 8.14. The number of nitrogens with two attached hydrogens (primary N) is 1. The van der Waals surface area contributed by atoms with Crippen LogP contribution in [0.3, 0.4) is 0 Å². The predicted molar refractivity (Wildman–Crippen MR) is 64.2 cm³/mol. The summed E-state index contributed by atoms with van der Waals surface area (Å²) >= 11 is 1.11. The van der Waals surface area contributed by atoms with Gasteiger partial charge in [-0.15, -0.1) is 0 Å². The molecule has 0 spiro atoms. The average Bonchev–Trinajstić information content (AvgIpc) is 2.86. The SMILES string of the molecule is Cn1ncc(CNC(=O)C2CSC(=O)N2)c1N. The van der Waals surface area contributed by atoms with Gasteiger partial charge in [-0.3, -0.25) is 14.3 Å². The Morgan fingerprint density at radius 2 is 2.59 bits per heavy atom. The second-order valence-electron chi connectivity index (χ2n) is 3.69. The molecule has 1 fully saturated rings. The molecule has 0 aliphatic carbocycles. The van der Waals surface area contributed by atoms with Crippen molar-refractivity contribution in [2.45, 2.75) is 12.6 Å². The number of nitrogen functional groups attached to an aromatic ring is 1. The number of carbonyl (C=O) groups is 2. The first-order chi connectivity index (χ1) is 8.08. The third-order valence-electron chi connectivity index (χ3n) is 2.51. The molecule has 0 saturated carbocycles. The summed E-state index contributed by atoms with van der Waals surface area (Å²) in [6.45, 7) is 0.315. The fourth-order valence-corrected chi connectivity index (χ4v) is 2.24. The van der Waals surface area contributed by atoms with Crippen LogP contribution in [0.2, 0.25) is 0 Å². The van der Waals surface area contributed by atoms with Crippen molar-refractivity contribution in [3.05, 3.63) is 11.8 Å². The lowest BCUT2D eigenvalue weighted by atomic mass is 10.3. The van der Waals surface area contributed by atoms with Crippen molar-refractivity contribution in [2.24, 2.45) is 7.05 Å². The van der Waals surface area contributed by atoms with Gasteiger partial charge in [-0.1, -0.05) is 11.8 Å². The van der Waals surface area contributed by atoms with E-state index in [4.69, 9.17) is 5.73 Å². The zero-order valence-electron chi connectivity index (χ0n) is 9.27. The van der Waals surface area contributed by atoms with Crippen LogP contribution in [0.4, 0.5) is 10.6 Å². The monoisotopic (exact) mass is 255 g/mol. The number of aryl methyl sites for hydroxylation is 1. The molecule has 2 amide bonds. The molecule has 1 aliphatic heterocycles. The van der Waals surface area contributed by atoms with Gasteiger partial charge in [-0.2, -0.15) is 5.10 Å². The molecule has 1 saturated heterocycles. The van der Waals surface area contributed by atoms with Crippen LogP contribution >= 0.6 is 11.8 Å². The summed E-state index contributed by atoms with van der Waals surface area (Å²) in [6, 6.07) is -0.453. The number of carbonyl (C=O) groups excluding carboxylic acids is 2. The summed E-state index contributed by atoms with van der Waals surface area (Å²) in [4.78, 5) is 22.6. The van der Waals surface area contributed by atoms with E-state index in [0.717, 1.165) is 17.3 Å². The fraction of sp³-hybridized carbons (Fsp3) is 0.444. The van der Waals surface area contributed by atoms with E-state index in [9.17, 15) is 9.59 Å². The summed E-state index contributed by atoms with van der Waals surface area (Å²) in [5.74, 6) is 0.787. The summed E-state index contributed by atoms with van der Waals surface area (Å²) in [5, 5.41) is 9.09. The predicted octanol–water partition coefficient (Wildman–Crippen LogP) is -0.556. The lowest BCUT2D eigenvalue weighted by molar-refractivity contribution is -0.122. The van der Waals surface area contributed by atoms with Crippen molar-refractivity contribution < 1.29 is 9.59 Å². The van der Waals surface area contributed by atoms with Crippen molar-refractivity contribution in [3.63, 3.8) is 0 Å². The van der Waals surface area contributed by atoms with Gasteiger partial charge in [0, 0.05) is 24.9 Å². The molecule has 0 bridgehead atoms. The number of hydrogen-bond acceptors (Lipinski definition) is 5. The fourth-order valence-electron chi connectivity index (χ4n) is 1.46. The topological polar surface area (TPSA) is 102 Å². The number of rotatable bonds is 3. The number of hydrogen-bond donors (Lipinski definition) is 3. The van der Waals surface area contributed by atoms with Gasteiger partial charge in [-0.05, 0) is 0 Å². The minimum Gasteiger partial charge on any atom is -0.384 e. The molecule has 2 rings (SSSR count). The van der Waals surface area contributed by atoms with Gasteiger partial charge in [0.05, 0.1) is 6.20 Å². The Morgan fingerprint density at radius 1 is 1.82 bits per heavy atom. The number of aromatic nitrogens is 2. The minimum absolute atomic E-state index is 0.161. The molecule has 0 radical (unpaired) electrons. The van der Waals surface area contributed by atoms with Crippen LogP contribution in [0.1, 0.15) is 5.56 Å². The smallest absolute Gasteiger partial charge is 0.279 e. The van der Waals surface area contributed by atoms with Crippen molar-refractivity contribution in [1.29, 1.82) is 0 Å². The number of nitrogens with zero attached hydrogens (tertiary/aromatic N) is 2. The third kappa shape index (κ3) is 2.52. The van der Waals surface area contributed by atoms with Crippen molar-refractivity contribution in [1.82, 2.24) is 20.4 Å². The Morgan fingerprint density at radius 3 is 3.12 bits per heavy atom. The standard InChI is InChI=1S/C9H13N5O2S/c1-14-7(10)5(3-12-14)2-11-8(15)6-4-17-9(16)13-6/h3,6H,2,4,10H2,1H3,(H,11,15)(H,13,16). The Bertz CT molecular complexity index is 458. The van der Waals surface area contributed by atoms with Gasteiger partial charge in [-0.25, -0.2) is 0 Å². The van der Waals surface area contributed by atoms with E-state index in [1.165, 1.54) is 4.68 Å². The van der Waals surface area contributed by atoms with Crippen molar-refractivity contribution >= 4 is 28.7 Å². The Hall–Kier alpha value is -1.70. The van der Waals surface area contributed by atoms with Crippen LogP contribution in [0, 0.1) is 0 Å². The van der Waals surface area contributed by atoms with E-state index >= 15 is 0 Å². The summed E-state index contributed by atoms with van der Waals surface area (Å²) in [6.07, 6.45) is 1.61. The van der Waals surface area contributed by atoms with Gasteiger partial charge in [0.1, 0.15) is 11.9 Å². The summed E-state index contributed by atoms with van der Waals surface area (Å²) in [5.41, 5.74) is 6.50. The quantitative estimate of drug-likeness (QED) is 0.672.